The van der Waals surface area contributed by atoms with E-state index in [1.807, 2.05) is 48.7 Å². The van der Waals surface area contributed by atoms with E-state index in [1.165, 1.54) is 9.13 Å². The molecule has 0 amide bonds. The summed E-state index contributed by atoms with van der Waals surface area (Å²) in [5.41, 5.74) is 8.68. The lowest BCUT2D eigenvalue weighted by Gasteiger charge is -2.31. The van der Waals surface area contributed by atoms with Gasteiger partial charge in [-0.25, -0.2) is 4.79 Å². The average molecular weight is 498 g/mol. The number of rotatable bonds is 5. The molecule has 1 saturated heterocycles. The Hall–Kier alpha value is -4.16. The van der Waals surface area contributed by atoms with Gasteiger partial charge < -0.3 is 15.2 Å². The summed E-state index contributed by atoms with van der Waals surface area (Å²) < 4.78 is 4.63. The summed E-state index contributed by atoms with van der Waals surface area (Å²) in [5.74, 6) is 0.663. The molecule has 3 heterocycles. The number of allylic oxidation sites excluding steroid dienone is 2. The third-order valence-electron chi connectivity index (χ3n) is 7.10. The first-order valence-corrected chi connectivity index (χ1v) is 12.5. The molecule has 0 spiro atoms. The van der Waals surface area contributed by atoms with Crippen LogP contribution in [0.3, 0.4) is 0 Å². The summed E-state index contributed by atoms with van der Waals surface area (Å²) in [7, 11) is 1.65. The second-order valence-electron chi connectivity index (χ2n) is 9.99. The van der Waals surface area contributed by atoms with Crippen LogP contribution in [0.25, 0.3) is 21.9 Å². The number of nitriles is 1. The number of anilines is 1. The van der Waals surface area contributed by atoms with Crippen LogP contribution in [0.4, 0.5) is 5.95 Å². The number of piperidine rings is 1. The van der Waals surface area contributed by atoms with Gasteiger partial charge in [0, 0.05) is 32.7 Å². The van der Waals surface area contributed by atoms with Gasteiger partial charge >= 0.3 is 5.69 Å². The van der Waals surface area contributed by atoms with Crippen LogP contribution >= 0.6 is 0 Å². The minimum absolute atomic E-state index is 0.0376. The zero-order chi connectivity index (χ0) is 26.3. The molecule has 1 atom stereocenters. The topological polar surface area (TPSA) is 115 Å². The molecule has 2 N–H and O–H groups in total. The molecule has 0 saturated carbocycles. The van der Waals surface area contributed by atoms with E-state index >= 15 is 0 Å². The van der Waals surface area contributed by atoms with Gasteiger partial charge in [0.15, 0.2) is 11.2 Å². The van der Waals surface area contributed by atoms with Crippen molar-refractivity contribution in [1.82, 2.24) is 18.7 Å². The van der Waals surface area contributed by atoms with Crippen LogP contribution in [0.5, 0.6) is 0 Å². The number of nitrogens with two attached hydrogens (primary N) is 1. The van der Waals surface area contributed by atoms with E-state index in [0.29, 0.717) is 35.8 Å². The molecule has 4 aromatic rings. The second kappa shape index (κ2) is 9.71. The van der Waals surface area contributed by atoms with E-state index in [-0.39, 0.29) is 18.1 Å². The number of benzene rings is 2. The maximum Gasteiger partial charge on any atom is 0.332 e. The van der Waals surface area contributed by atoms with Crippen LogP contribution in [-0.4, -0.2) is 37.8 Å². The van der Waals surface area contributed by atoms with Crippen molar-refractivity contribution in [3.63, 3.8) is 0 Å². The highest BCUT2D eigenvalue weighted by Crippen LogP contribution is 2.25. The molecule has 9 heteroatoms. The molecule has 2 aromatic heterocycles. The predicted octanol–water partition coefficient (Wildman–Crippen LogP) is 2.86. The van der Waals surface area contributed by atoms with Crippen LogP contribution < -0.4 is 21.9 Å². The van der Waals surface area contributed by atoms with Crippen molar-refractivity contribution in [1.29, 1.82) is 5.26 Å². The highest BCUT2D eigenvalue weighted by atomic mass is 16.2. The Labute approximate surface area is 214 Å². The van der Waals surface area contributed by atoms with Crippen molar-refractivity contribution < 1.29 is 0 Å². The van der Waals surface area contributed by atoms with Crippen molar-refractivity contribution in [2.45, 2.75) is 45.8 Å². The van der Waals surface area contributed by atoms with E-state index in [4.69, 9.17) is 10.7 Å². The predicted molar refractivity (Wildman–Crippen MR) is 146 cm³/mol. The average Bonchev–Trinajstić information content (AvgIpc) is 3.28. The SMILES string of the molecule is CC(C)=CCn1c(N2CCCC(N)C2)nc2c1c(=O)n(Cc1cccc3c(C#N)cccc13)c(=O)n2C. The zero-order valence-corrected chi connectivity index (χ0v) is 21.4. The van der Waals surface area contributed by atoms with Crippen molar-refractivity contribution >= 4 is 27.9 Å². The number of aromatic nitrogens is 4. The summed E-state index contributed by atoms with van der Waals surface area (Å²) >= 11 is 0. The van der Waals surface area contributed by atoms with Gasteiger partial charge in [-0.3, -0.25) is 13.9 Å². The van der Waals surface area contributed by atoms with E-state index in [0.717, 1.165) is 41.3 Å². The van der Waals surface area contributed by atoms with Gasteiger partial charge in [0.2, 0.25) is 5.95 Å². The molecule has 0 aliphatic carbocycles. The van der Waals surface area contributed by atoms with Crippen LogP contribution in [0.2, 0.25) is 0 Å². The third kappa shape index (κ3) is 4.34. The lowest BCUT2D eigenvalue weighted by molar-refractivity contribution is 0.495. The first-order chi connectivity index (χ1) is 17.8. The van der Waals surface area contributed by atoms with Gasteiger partial charge in [-0.05, 0) is 49.1 Å². The normalized spacial score (nSPS) is 15.8. The van der Waals surface area contributed by atoms with Crippen molar-refractivity contribution in [2.75, 3.05) is 18.0 Å². The van der Waals surface area contributed by atoms with Gasteiger partial charge in [-0.15, -0.1) is 0 Å². The van der Waals surface area contributed by atoms with Gasteiger partial charge in [0.25, 0.3) is 5.56 Å². The lowest BCUT2D eigenvalue weighted by Crippen LogP contribution is -2.44. The number of hydrogen-bond acceptors (Lipinski definition) is 6. The molecule has 1 aliphatic rings. The summed E-state index contributed by atoms with van der Waals surface area (Å²) in [6.45, 7) is 6.03. The molecule has 37 heavy (non-hydrogen) atoms. The maximum absolute atomic E-state index is 14.0. The minimum atomic E-state index is -0.431. The molecule has 0 bridgehead atoms. The fourth-order valence-corrected chi connectivity index (χ4v) is 5.16. The molecular weight excluding hydrogens is 466 g/mol. The number of fused-ring (bicyclic) bond motifs is 2. The summed E-state index contributed by atoms with van der Waals surface area (Å²) in [5, 5.41) is 11.2. The summed E-state index contributed by atoms with van der Waals surface area (Å²) in [6, 6.07) is 13.4. The summed E-state index contributed by atoms with van der Waals surface area (Å²) in [6.07, 6.45) is 3.95. The number of imidazole rings is 1. The van der Waals surface area contributed by atoms with Crippen molar-refractivity contribution in [2.24, 2.45) is 12.8 Å². The Morgan fingerprint density at radius 2 is 1.92 bits per heavy atom. The second-order valence-corrected chi connectivity index (χ2v) is 9.99. The van der Waals surface area contributed by atoms with Gasteiger partial charge in [-0.2, -0.15) is 10.2 Å². The monoisotopic (exact) mass is 497 g/mol. The molecule has 1 aliphatic heterocycles. The molecular formula is C28H31N7O2. The zero-order valence-electron chi connectivity index (χ0n) is 21.4. The largest absolute Gasteiger partial charge is 0.341 e. The van der Waals surface area contributed by atoms with E-state index in [9.17, 15) is 14.9 Å². The van der Waals surface area contributed by atoms with Gasteiger partial charge in [0.1, 0.15) is 0 Å². The Morgan fingerprint density at radius 1 is 1.16 bits per heavy atom. The van der Waals surface area contributed by atoms with Crippen LogP contribution in [0.15, 0.2) is 57.6 Å². The van der Waals surface area contributed by atoms with Gasteiger partial charge in [-0.1, -0.05) is 42.0 Å². The molecule has 2 aromatic carbocycles. The fourth-order valence-electron chi connectivity index (χ4n) is 5.16. The van der Waals surface area contributed by atoms with E-state index in [1.54, 1.807) is 13.1 Å². The number of hydrogen-bond donors (Lipinski definition) is 1. The van der Waals surface area contributed by atoms with Gasteiger partial charge in [0.05, 0.1) is 18.2 Å². The highest BCUT2D eigenvalue weighted by Gasteiger charge is 2.26. The van der Waals surface area contributed by atoms with E-state index in [2.05, 4.69) is 17.0 Å². The standard InChI is InChI=1S/C28H31N7O2/c1-18(2)12-14-34-24-25(31-27(34)33-13-6-9-21(30)17-33)32(3)28(37)35(26(24)36)16-20-8-5-10-22-19(15-29)7-4-11-23(20)22/h4-5,7-8,10-12,21H,6,9,13-14,16-17,30H2,1-3H3. The Kier molecular flexibility index (Phi) is 6.44. The maximum atomic E-state index is 14.0. The molecule has 5 rings (SSSR count). The Bertz CT molecular complexity index is 1700. The highest BCUT2D eigenvalue weighted by molar-refractivity contribution is 5.90. The smallest absolute Gasteiger partial charge is 0.332 e. The molecule has 190 valence electrons. The number of aryl methyl sites for hydroxylation is 1. The summed E-state index contributed by atoms with van der Waals surface area (Å²) in [4.78, 5) is 34.4. The fraction of sp³-hybridized carbons (Fsp3) is 0.357. The molecule has 9 nitrogen and oxygen atoms in total. The van der Waals surface area contributed by atoms with Crippen LogP contribution in [-0.2, 0) is 20.1 Å². The molecule has 1 fully saturated rings. The Morgan fingerprint density at radius 3 is 2.65 bits per heavy atom. The van der Waals surface area contributed by atoms with Crippen LogP contribution in [0.1, 0.15) is 37.8 Å². The van der Waals surface area contributed by atoms with E-state index < -0.39 is 5.69 Å². The quantitative estimate of drug-likeness (QED) is 0.424. The van der Waals surface area contributed by atoms with Crippen molar-refractivity contribution in [3.8, 4) is 6.07 Å². The first-order valence-electron chi connectivity index (χ1n) is 12.5. The number of nitrogens with zero attached hydrogens (tertiary/aromatic N) is 6. The first kappa shape index (κ1) is 24.5. The minimum Gasteiger partial charge on any atom is -0.341 e. The Balaban J connectivity index is 1.72. The third-order valence-corrected chi connectivity index (χ3v) is 7.10. The lowest BCUT2D eigenvalue weighted by atomic mass is 10.0. The van der Waals surface area contributed by atoms with Crippen molar-refractivity contribution in [3.05, 3.63) is 80.0 Å². The van der Waals surface area contributed by atoms with Crippen LogP contribution in [0, 0.1) is 11.3 Å². The molecule has 0 radical (unpaired) electrons. The molecule has 1 unspecified atom stereocenters.